The zero-order valence-electron chi connectivity index (χ0n) is 11.3. The van der Waals surface area contributed by atoms with E-state index in [9.17, 15) is 9.59 Å². The normalized spacial score (nSPS) is 11.8. The molecular formula is C13H19N3O3. The van der Waals surface area contributed by atoms with Gasteiger partial charge in [0, 0.05) is 11.4 Å². The number of anilines is 2. The number of hydrogen-bond donors (Lipinski definition) is 3. The maximum Gasteiger partial charge on any atom is 0.411 e. The van der Waals surface area contributed by atoms with Crippen molar-refractivity contribution in [3.8, 4) is 0 Å². The maximum atomic E-state index is 11.7. The highest BCUT2D eigenvalue weighted by Gasteiger charge is 2.16. The van der Waals surface area contributed by atoms with Gasteiger partial charge in [-0.05, 0) is 30.2 Å². The van der Waals surface area contributed by atoms with Crippen LogP contribution in [0.3, 0.4) is 0 Å². The second kappa shape index (κ2) is 6.75. The molecule has 4 N–H and O–H groups in total. The number of amides is 2. The van der Waals surface area contributed by atoms with E-state index < -0.39 is 12.1 Å². The van der Waals surface area contributed by atoms with Gasteiger partial charge in [0.1, 0.15) is 0 Å². The first-order chi connectivity index (χ1) is 8.93. The number of carbonyl (C=O) groups is 2. The highest BCUT2D eigenvalue weighted by molar-refractivity contribution is 5.95. The van der Waals surface area contributed by atoms with Crippen molar-refractivity contribution in [2.45, 2.75) is 19.9 Å². The van der Waals surface area contributed by atoms with Crippen LogP contribution in [0.1, 0.15) is 13.8 Å². The van der Waals surface area contributed by atoms with Crippen molar-refractivity contribution in [2.24, 2.45) is 11.7 Å². The SMILES string of the molecule is COC(=O)Nc1ccc(NC(=O)[C@H](N)C(C)C)cc1. The molecule has 19 heavy (non-hydrogen) atoms. The Morgan fingerprint density at radius 1 is 1.11 bits per heavy atom. The van der Waals surface area contributed by atoms with Gasteiger partial charge in [0.2, 0.25) is 5.91 Å². The zero-order valence-corrected chi connectivity index (χ0v) is 11.3. The van der Waals surface area contributed by atoms with Crippen LogP contribution >= 0.6 is 0 Å². The molecule has 0 aromatic heterocycles. The van der Waals surface area contributed by atoms with Crippen molar-refractivity contribution in [3.63, 3.8) is 0 Å². The molecule has 1 rings (SSSR count). The molecule has 0 bridgehead atoms. The van der Waals surface area contributed by atoms with E-state index in [1.807, 2.05) is 13.8 Å². The number of ether oxygens (including phenoxy) is 1. The summed E-state index contributed by atoms with van der Waals surface area (Å²) < 4.78 is 4.47. The number of nitrogens with one attached hydrogen (secondary N) is 2. The molecule has 0 spiro atoms. The van der Waals surface area contributed by atoms with Crippen molar-refractivity contribution in [3.05, 3.63) is 24.3 Å². The Morgan fingerprint density at radius 2 is 1.58 bits per heavy atom. The van der Waals surface area contributed by atoms with Gasteiger partial charge in [0.15, 0.2) is 0 Å². The summed E-state index contributed by atoms with van der Waals surface area (Å²) >= 11 is 0. The molecule has 0 unspecified atom stereocenters. The van der Waals surface area contributed by atoms with E-state index in [1.54, 1.807) is 24.3 Å². The van der Waals surface area contributed by atoms with Gasteiger partial charge in [-0.3, -0.25) is 10.1 Å². The Balaban J connectivity index is 2.62. The van der Waals surface area contributed by atoms with E-state index in [4.69, 9.17) is 5.73 Å². The van der Waals surface area contributed by atoms with Gasteiger partial charge in [-0.2, -0.15) is 0 Å². The molecule has 104 valence electrons. The Labute approximate surface area is 112 Å². The van der Waals surface area contributed by atoms with E-state index in [2.05, 4.69) is 15.4 Å². The van der Waals surface area contributed by atoms with Gasteiger partial charge in [-0.1, -0.05) is 13.8 Å². The molecule has 1 aromatic carbocycles. The predicted molar refractivity (Wildman–Crippen MR) is 73.9 cm³/mol. The van der Waals surface area contributed by atoms with Gasteiger partial charge in [-0.25, -0.2) is 4.79 Å². The van der Waals surface area contributed by atoms with E-state index in [0.717, 1.165) is 0 Å². The quantitative estimate of drug-likeness (QED) is 0.773. The van der Waals surface area contributed by atoms with Gasteiger partial charge in [0.25, 0.3) is 0 Å². The third-order valence-corrected chi connectivity index (χ3v) is 2.61. The fourth-order valence-electron chi connectivity index (χ4n) is 1.33. The summed E-state index contributed by atoms with van der Waals surface area (Å²) in [5.41, 5.74) is 6.94. The van der Waals surface area contributed by atoms with Crippen molar-refractivity contribution in [1.82, 2.24) is 0 Å². The standard InChI is InChI=1S/C13H19N3O3/c1-8(2)11(14)12(17)15-9-4-6-10(7-5-9)16-13(18)19-3/h4-8,11H,14H2,1-3H3,(H,15,17)(H,16,18)/t11-/m1/s1. The van der Waals surface area contributed by atoms with Crippen LogP contribution in [0.25, 0.3) is 0 Å². The smallest absolute Gasteiger partial charge is 0.411 e. The minimum Gasteiger partial charge on any atom is -0.453 e. The Bertz CT molecular complexity index is 443. The topological polar surface area (TPSA) is 93.5 Å². The van der Waals surface area contributed by atoms with Crippen molar-refractivity contribution >= 4 is 23.4 Å². The number of methoxy groups -OCH3 is 1. The molecule has 0 aliphatic heterocycles. The highest BCUT2D eigenvalue weighted by atomic mass is 16.5. The van der Waals surface area contributed by atoms with Gasteiger partial charge in [0.05, 0.1) is 13.2 Å². The molecule has 0 aliphatic rings. The number of nitrogens with two attached hydrogens (primary N) is 1. The van der Waals surface area contributed by atoms with Crippen LogP contribution in [0.4, 0.5) is 16.2 Å². The Morgan fingerprint density at radius 3 is 2.00 bits per heavy atom. The molecule has 0 heterocycles. The molecule has 2 amide bonds. The van der Waals surface area contributed by atoms with E-state index in [1.165, 1.54) is 7.11 Å². The summed E-state index contributed by atoms with van der Waals surface area (Å²) in [4.78, 5) is 22.7. The van der Waals surface area contributed by atoms with Crippen LogP contribution < -0.4 is 16.4 Å². The predicted octanol–water partition coefficient (Wildman–Crippen LogP) is 1.79. The third kappa shape index (κ3) is 4.59. The van der Waals surface area contributed by atoms with E-state index in [-0.39, 0.29) is 11.8 Å². The van der Waals surface area contributed by atoms with E-state index >= 15 is 0 Å². The van der Waals surface area contributed by atoms with Crippen LogP contribution in [0.2, 0.25) is 0 Å². The third-order valence-electron chi connectivity index (χ3n) is 2.61. The zero-order chi connectivity index (χ0) is 14.4. The molecule has 0 fully saturated rings. The highest BCUT2D eigenvalue weighted by Crippen LogP contribution is 2.14. The molecule has 6 nitrogen and oxygen atoms in total. The van der Waals surface area contributed by atoms with Gasteiger partial charge in [-0.15, -0.1) is 0 Å². The van der Waals surface area contributed by atoms with Crippen molar-refractivity contribution in [2.75, 3.05) is 17.7 Å². The summed E-state index contributed by atoms with van der Waals surface area (Å²) in [6.07, 6.45) is -0.543. The summed E-state index contributed by atoms with van der Waals surface area (Å²) in [5, 5.41) is 5.22. The Hall–Kier alpha value is -2.08. The van der Waals surface area contributed by atoms with E-state index in [0.29, 0.717) is 11.4 Å². The fourth-order valence-corrected chi connectivity index (χ4v) is 1.33. The molecular weight excluding hydrogens is 246 g/mol. The summed E-state index contributed by atoms with van der Waals surface area (Å²) in [7, 11) is 1.29. The van der Waals surface area contributed by atoms with Crippen molar-refractivity contribution < 1.29 is 14.3 Å². The lowest BCUT2D eigenvalue weighted by Gasteiger charge is -2.15. The van der Waals surface area contributed by atoms with Gasteiger partial charge < -0.3 is 15.8 Å². The molecule has 0 saturated heterocycles. The van der Waals surface area contributed by atoms with Crippen LogP contribution in [0.15, 0.2) is 24.3 Å². The van der Waals surface area contributed by atoms with Crippen LogP contribution in [-0.4, -0.2) is 25.2 Å². The lowest BCUT2D eigenvalue weighted by Crippen LogP contribution is -2.39. The molecule has 6 heteroatoms. The summed E-state index contributed by atoms with van der Waals surface area (Å²) in [6, 6.07) is 6.13. The first-order valence-electron chi connectivity index (χ1n) is 5.95. The maximum absolute atomic E-state index is 11.7. The lowest BCUT2D eigenvalue weighted by atomic mass is 10.0. The molecule has 0 aliphatic carbocycles. The fraction of sp³-hybridized carbons (Fsp3) is 0.385. The molecule has 0 radical (unpaired) electrons. The molecule has 1 aromatic rings. The van der Waals surface area contributed by atoms with Crippen LogP contribution in [0, 0.1) is 5.92 Å². The average Bonchev–Trinajstić information content (AvgIpc) is 2.39. The van der Waals surface area contributed by atoms with Gasteiger partial charge >= 0.3 is 6.09 Å². The molecule has 1 atom stereocenters. The number of rotatable bonds is 4. The summed E-state index contributed by atoms with van der Waals surface area (Å²) in [6.45, 7) is 3.77. The average molecular weight is 265 g/mol. The molecule has 0 saturated carbocycles. The largest absolute Gasteiger partial charge is 0.453 e. The Kier molecular flexibility index (Phi) is 5.32. The first-order valence-corrected chi connectivity index (χ1v) is 5.95. The van der Waals surface area contributed by atoms with Crippen LogP contribution in [0.5, 0.6) is 0 Å². The second-order valence-corrected chi connectivity index (χ2v) is 4.45. The lowest BCUT2D eigenvalue weighted by molar-refractivity contribution is -0.118. The minimum absolute atomic E-state index is 0.0697. The van der Waals surface area contributed by atoms with Crippen LogP contribution in [-0.2, 0) is 9.53 Å². The monoisotopic (exact) mass is 265 g/mol. The first kappa shape index (κ1) is 15.0. The van der Waals surface area contributed by atoms with Crippen molar-refractivity contribution in [1.29, 1.82) is 0 Å². The summed E-state index contributed by atoms with van der Waals surface area (Å²) in [5.74, 6) is -0.163. The number of carbonyl (C=O) groups excluding carboxylic acids is 2. The number of benzene rings is 1. The second-order valence-electron chi connectivity index (χ2n) is 4.45. The minimum atomic E-state index is -0.548. The number of hydrogen-bond acceptors (Lipinski definition) is 4.